The molecule has 8 nitrogen and oxygen atoms in total. The largest absolute Gasteiger partial charge is 0.397 e. The summed E-state index contributed by atoms with van der Waals surface area (Å²) in [6.07, 6.45) is 2.08. The summed E-state index contributed by atoms with van der Waals surface area (Å²) >= 11 is 0. The van der Waals surface area contributed by atoms with E-state index in [2.05, 4.69) is 27.8 Å². The zero-order chi connectivity index (χ0) is 23.0. The number of carbonyl (C=O) groups excluding carboxylic acids is 2. The number of pyridine rings is 1. The third kappa shape index (κ3) is 3.59. The summed E-state index contributed by atoms with van der Waals surface area (Å²) < 4.78 is 0. The Morgan fingerprint density at radius 1 is 1.19 bits per heavy atom. The predicted octanol–water partition coefficient (Wildman–Crippen LogP) is 3.12. The Balaban J connectivity index is 1.81. The molecule has 1 heterocycles. The van der Waals surface area contributed by atoms with E-state index in [0.717, 1.165) is 5.56 Å². The van der Waals surface area contributed by atoms with Crippen LogP contribution in [0.4, 0.5) is 11.5 Å². The molecule has 8 heteroatoms. The van der Waals surface area contributed by atoms with E-state index in [1.165, 1.54) is 6.20 Å². The molecule has 1 aromatic heterocycles. The van der Waals surface area contributed by atoms with E-state index in [1.54, 1.807) is 25.2 Å². The number of nitrogen functional groups attached to an aromatic ring is 1. The van der Waals surface area contributed by atoms with Gasteiger partial charge in [-0.3, -0.25) is 9.59 Å². The maximum atomic E-state index is 12.3. The van der Waals surface area contributed by atoms with E-state index >= 15 is 0 Å². The molecule has 4 rings (SSSR count). The fourth-order valence-corrected chi connectivity index (χ4v) is 3.77. The fourth-order valence-electron chi connectivity index (χ4n) is 3.77. The summed E-state index contributed by atoms with van der Waals surface area (Å²) in [6.45, 7) is 1.89. The van der Waals surface area contributed by atoms with Crippen molar-refractivity contribution in [2.24, 2.45) is 11.8 Å². The molecule has 1 aliphatic rings. The van der Waals surface area contributed by atoms with Crippen LogP contribution in [0.5, 0.6) is 0 Å². The molecule has 2 amide bonds. The highest BCUT2D eigenvalue weighted by Gasteiger charge is 2.43. The number of nitrogens with zero attached hydrogens (tertiary/aromatic N) is 3. The fraction of sp³-hybridized carbons (Fsp3) is 0.208. The van der Waals surface area contributed by atoms with Crippen LogP contribution in [0.15, 0.2) is 36.5 Å². The first-order chi connectivity index (χ1) is 15.4. The highest BCUT2D eigenvalue weighted by molar-refractivity contribution is 6.03. The number of aromatic nitrogens is 1. The number of benzene rings is 2. The third-order valence-corrected chi connectivity index (χ3v) is 5.74. The molecule has 0 spiro atoms. The van der Waals surface area contributed by atoms with Crippen LogP contribution in [0.25, 0.3) is 21.9 Å². The summed E-state index contributed by atoms with van der Waals surface area (Å²) in [5.74, 6) is -0.680. The molecule has 0 saturated heterocycles. The molecule has 0 bridgehead atoms. The number of rotatable bonds is 4. The van der Waals surface area contributed by atoms with Crippen LogP contribution in [-0.4, -0.2) is 23.8 Å². The maximum absolute atomic E-state index is 12.3. The quantitative estimate of drug-likeness (QED) is 0.549. The molecule has 1 saturated carbocycles. The molecule has 0 radical (unpaired) electrons. The van der Waals surface area contributed by atoms with Gasteiger partial charge in [-0.2, -0.15) is 10.5 Å². The second kappa shape index (κ2) is 8.01. The molecule has 2 unspecified atom stereocenters. The number of fused-ring (bicyclic) bond motifs is 1. The lowest BCUT2D eigenvalue weighted by atomic mass is 9.91. The highest BCUT2D eigenvalue weighted by atomic mass is 16.2. The third-order valence-electron chi connectivity index (χ3n) is 5.74. The summed E-state index contributed by atoms with van der Waals surface area (Å²) in [4.78, 5) is 28.7. The number of aryl methyl sites for hydroxylation is 1. The van der Waals surface area contributed by atoms with E-state index < -0.39 is 0 Å². The minimum Gasteiger partial charge on any atom is -0.397 e. The number of anilines is 2. The molecule has 4 N–H and O–H groups in total. The van der Waals surface area contributed by atoms with Gasteiger partial charge in [0.05, 0.1) is 29.2 Å². The van der Waals surface area contributed by atoms with Gasteiger partial charge in [0.1, 0.15) is 11.9 Å². The maximum Gasteiger partial charge on any atom is 0.251 e. The second-order valence-corrected chi connectivity index (χ2v) is 7.79. The van der Waals surface area contributed by atoms with Crippen LogP contribution in [0.3, 0.4) is 0 Å². The zero-order valence-electron chi connectivity index (χ0n) is 17.6. The monoisotopic (exact) mass is 424 g/mol. The number of carbonyl (C=O) groups is 2. The van der Waals surface area contributed by atoms with Crippen molar-refractivity contribution in [3.8, 4) is 23.3 Å². The molecule has 1 fully saturated rings. The van der Waals surface area contributed by atoms with E-state index in [9.17, 15) is 14.9 Å². The zero-order valence-corrected chi connectivity index (χ0v) is 17.6. The standard InChI is InChI=1S/C24H20N6O2/c1-12-3-4-13(23(31)28-2)5-16(12)18-6-14-8-21(30-24(32)17-7-15(17)9-25)29-11-20(14)22(27)19(18)10-26/h3-6,8,11,15,17H,7,27H2,1-2H3,(H,28,31)(H,29,30,32). The normalized spacial score (nSPS) is 16.6. The smallest absolute Gasteiger partial charge is 0.251 e. The molecular weight excluding hydrogens is 404 g/mol. The molecule has 3 aromatic rings. The second-order valence-electron chi connectivity index (χ2n) is 7.79. The number of nitrogens with two attached hydrogens (primary N) is 1. The minimum absolute atomic E-state index is 0.233. The average molecular weight is 424 g/mol. The van der Waals surface area contributed by atoms with Crippen molar-refractivity contribution in [3.05, 3.63) is 53.2 Å². The van der Waals surface area contributed by atoms with Gasteiger partial charge < -0.3 is 16.4 Å². The van der Waals surface area contributed by atoms with Gasteiger partial charge in [-0.15, -0.1) is 0 Å². The van der Waals surface area contributed by atoms with Crippen molar-refractivity contribution in [2.75, 3.05) is 18.1 Å². The highest BCUT2D eigenvalue weighted by Crippen LogP contribution is 2.39. The van der Waals surface area contributed by atoms with Crippen LogP contribution in [0.2, 0.25) is 0 Å². The van der Waals surface area contributed by atoms with E-state index in [4.69, 9.17) is 11.0 Å². The van der Waals surface area contributed by atoms with Gasteiger partial charge in [0, 0.05) is 29.8 Å². The molecule has 158 valence electrons. The number of hydrogen-bond donors (Lipinski definition) is 3. The van der Waals surface area contributed by atoms with Gasteiger partial charge >= 0.3 is 0 Å². The minimum atomic E-state index is -0.311. The van der Waals surface area contributed by atoms with Crippen LogP contribution < -0.4 is 16.4 Å². The lowest BCUT2D eigenvalue weighted by Crippen LogP contribution is -2.17. The van der Waals surface area contributed by atoms with Crippen molar-refractivity contribution >= 4 is 34.1 Å². The van der Waals surface area contributed by atoms with Gasteiger partial charge in [-0.25, -0.2) is 4.98 Å². The SMILES string of the molecule is CNC(=O)c1ccc(C)c(-c2cc3cc(NC(=O)C4CC4C#N)ncc3c(N)c2C#N)c1. The van der Waals surface area contributed by atoms with Gasteiger partial charge in [0.25, 0.3) is 5.91 Å². The number of nitriles is 2. The van der Waals surface area contributed by atoms with Gasteiger partial charge in [-0.1, -0.05) is 6.07 Å². The summed E-state index contributed by atoms with van der Waals surface area (Å²) in [5, 5.41) is 25.4. The van der Waals surface area contributed by atoms with Crippen molar-refractivity contribution in [1.82, 2.24) is 10.3 Å². The van der Waals surface area contributed by atoms with Crippen LogP contribution in [-0.2, 0) is 4.79 Å². The Kier molecular flexibility index (Phi) is 5.21. The first-order valence-electron chi connectivity index (χ1n) is 10.0. The van der Waals surface area contributed by atoms with Crippen molar-refractivity contribution < 1.29 is 9.59 Å². The Morgan fingerprint density at radius 2 is 1.97 bits per heavy atom. The molecular formula is C24H20N6O2. The van der Waals surface area contributed by atoms with Crippen LogP contribution in [0, 0.1) is 41.4 Å². The van der Waals surface area contributed by atoms with E-state index in [0.29, 0.717) is 45.3 Å². The van der Waals surface area contributed by atoms with Crippen molar-refractivity contribution in [1.29, 1.82) is 10.5 Å². The van der Waals surface area contributed by atoms with Gasteiger partial charge in [0.2, 0.25) is 5.91 Å². The molecule has 1 aliphatic carbocycles. The first kappa shape index (κ1) is 20.8. The van der Waals surface area contributed by atoms with Gasteiger partial charge in [0.15, 0.2) is 0 Å². The number of nitrogens with one attached hydrogen (secondary N) is 2. The molecule has 0 aliphatic heterocycles. The summed E-state index contributed by atoms with van der Waals surface area (Å²) in [7, 11) is 1.56. The Bertz CT molecular complexity index is 1370. The topological polar surface area (TPSA) is 145 Å². The van der Waals surface area contributed by atoms with E-state index in [1.807, 2.05) is 19.1 Å². The predicted molar refractivity (Wildman–Crippen MR) is 120 cm³/mol. The van der Waals surface area contributed by atoms with Crippen LogP contribution >= 0.6 is 0 Å². The summed E-state index contributed by atoms with van der Waals surface area (Å²) in [6, 6.07) is 13.0. The Morgan fingerprint density at radius 3 is 2.62 bits per heavy atom. The number of amides is 2. The van der Waals surface area contributed by atoms with Gasteiger partial charge in [-0.05, 0) is 54.1 Å². The molecule has 32 heavy (non-hydrogen) atoms. The van der Waals surface area contributed by atoms with Crippen molar-refractivity contribution in [2.45, 2.75) is 13.3 Å². The lowest BCUT2D eigenvalue weighted by molar-refractivity contribution is -0.117. The summed E-state index contributed by atoms with van der Waals surface area (Å²) in [5.41, 5.74) is 9.55. The molecule has 2 aromatic carbocycles. The number of hydrogen-bond acceptors (Lipinski definition) is 6. The van der Waals surface area contributed by atoms with Crippen molar-refractivity contribution in [3.63, 3.8) is 0 Å². The lowest BCUT2D eigenvalue weighted by Gasteiger charge is -2.14. The van der Waals surface area contributed by atoms with Crippen LogP contribution in [0.1, 0.15) is 27.9 Å². The van der Waals surface area contributed by atoms with E-state index in [-0.39, 0.29) is 29.3 Å². The Labute approximate surface area is 184 Å². The average Bonchev–Trinajstić information content (AvgIpc) is 3.59. The Hall–Kier alpha value is -4.43. The first-order valence-corrected chi connectivity index (χ1v) is 10.0. The molecule has 2 atom stereocenters.